The van der Waals surface area contributed by atoms with Gasteiger partial charge in [-0.2, -0.15) is 0 Å². The lowest BCUT2D eigenvalue weighted by atomic mass is 10.3. The third-order valence-corrected chi connectivity index (χ3v) is 5.15. The van der Waals surface area contributed by atoms with Gasteiger partial charge in [-0.3, -0.25) is 0 Å². The number of rotatable bonds is 0. The predicted molar refractivity (Wildman–Crippen MR) is 121 cm³/mol. The molecule has 2 aliphatic heterocycles. The highest BCUT2D eigenvalue weighted by Crippen LogP contribution is 2.14. The Morgan fingerprint density at radius 3 is 1.43 bits per heavy atom. The molecule has 10 bridgehead atoms. The van der Waals surface area contributed by atoms with Crippen molar-refractivity contribution in [3.05, 3.63) is 111 Å². The van der Waals surface area contributed by atoms with Gasteiger partial charge in [-0.05, 0) is 91.1 Å². The van der Waals surface area contributed by atoms with Crippen molar-refractivity contribution in [3.63, 3.8) is 0 Å². The van der Waals surface area contributed by atoms with Crippen molar-refractivity contribution in [2.45, 2.75) is 0 Å². The highest BCUT2D eigenvalue weighted by atomic mass is 14.8. The van der Waals surface area contributed by atoms with E-state index in [-0.39, 0.29) is 0 Å². The summed E-state index contributed by atoms with van der Waals surface area (Å²) in [4.78, 5) is 18.4. The van der Waals surface area contributed by atoms with Gasteiger partial charge in [-0.25, -0.2) is 4.99 Å². The molecule has 4 N–H and O–H groups in total. The monoisotopic (exact) mass is 389 g/mol. The fourth-order valence-corrected chi connectivity index (χ4v) is 3.77. The number of aliphatic imine (C=N–C) groups is 1. The lowest BCUT2D eigenvalue weighted by Crippen LogP contribution is -2.11. The van der Waals surface area contributed by atoms with Crippen molar-refractivity contribution in [3.8, 4) is 0 Å². The van der Waals surface area contributed by atoms with Crippen molar-refractivity contribution >= 4 is 36.1 Å². The van der Waals surface area contributed by atoms with Crippen LogP contribution in [0.25, 0.3) is 30.4 Å². The summed E-state index contributed by atoms with van der Waals surface area (Å²) in [7, 11) is 0. The Morgan fingerprint density at radius 2 is 0.900 bits per heavy atom. The molecule has 144 valence electrons. The zero-order chi connectivity index (χ0) is 19.9. The van der Waals surface area contributed by atoms with Crippen LogP contribution in [0, 0.1) is 0 Å². The van der Waals surface area contributed by atoms with Crippen LogP contribution in [0.2, 0.25) is 0 Å². The molecule has 0 spiro atoms. The number of H-pyrrole nitrogens is 4. The number of fused-ring (bicyclic) bond motifs is 9. The van der Waals surface area contributed by atoms with Crippen LogP contribution in [-0.4, -0.2) is 25.6 Å². The smallest absolute Gasteiger partial charge is 0.0658 e. The zero-order valence-electron chi connectivity index (χ0n) is 16.1. The van der Waals surface area contributed by atoms with Crippen molar-refractivity contribution in [2.24, 2.45) is 4.99 Å². The normalized spacial score (nSPS) is 20.9. The SMILES string of the molecule is C1=C/C2=C/c3ccc([nH]3)/C=c3/cc/c([nH]3)=C/c3ccc([nH]3)/C=c3/cc/c([nH]3)=C/C1=N2. The molecule has 0 aliphatic carbocycles. The van der Waals surface area contributed by atoms with E-state index in [0.29, 0.717) is 0 Å². The second kappa shape index (κ2) is 6.67. The number of hydrogen-bond acceptors (Lipinski definition) is 1. The fourth-order valence-electron chi connectivity index (χ4n) is 3.77. The van der Waals surface area contributed by atoms with Crippen LogP contribution in [-0.2, 0) is 0 Å². The number of aromatic nitrogens is 4. The average Bonchev–Trinajstić information content (AvgIpc) is 3.52. The Labute approximate surface area is 171 Å². The lowest BCUT2D eigenvalue weighted by Gasteiger charge is -1.91. The first-order valence-corrected chi connectivity index (χ1v) is 9.89. The maximum absolute atomic E-state index is 4.70. The van der Waals surface area contributed by atoms with Crippen molar-refractivity contribution < 1.29 is 0 Å². The summed E-state index contributed by atoms with van der Waals surface area (Å²) >= 11 is 0. The van der Waals surface area contributed by atoms with Crippen LogP contribution in [0.1, 0.15) is 22.8 Å². The molecule has 6 heterocycles. The van der Waals surface area contributed by atoms with E-state index in [1.165, 1.54) is 0 Å². The van der Waals surface area contributed by atoms with Crippen molar-refractivity contribution in [2.75, 3.05) is 0 Å². The van der Waals surface area contributed by atoms with Gasteiger partial charge in [-0.1, -0.05) is 0 Å². The molecule has 0 unspecified atom stereocenters. The van der Waals surface area contributed by atoms with Crippen molar-refractivity contribution in [1.82, 2.24) is 19.9 Å². The molecule has 0 fully saturated rings. The van der Waals surface area contributed by atoms with Gasteiger partial charge >= 0.3 is 0 Å². The van der Waals surface area contributed by atoms with Gasteiger partial charge in [0.2, 0.25) is 0 Å². The van der Waals surface area contributed by atoms with Gasteiger partial charge in [0.25, 0.3) is 0 Å². The number of nitrogens with one attached hydrogen (secondary N) is 4. The summed E-state index contributed by atoms with van der Waals surface area (Å²) in [6.45, 7) is 0. The lowest BCUT2D eigenvalue weighted by molar-refractivity contribution is 1.24. The van der Waals surface area contributed by atoms with Crippen LogP contribution in [0.3, 0.4) is 0 Å². The van der Waals surface area contributed by atoms with E-state index >= 15 is 0 Å². The third kappa shape index (κ3) is 3.33. The quantitative estimate of drug-likeness (QED) is 0.353. The van der Waals surface area contributed by atoms with E-state index in [1.54, 1.807) is 0 Å². The molecule has 0 saturated carbocycles. The van der Waals surface area contributed by atoms with E-state index in [1.807, 2.05) is 12.2 Å². The minimum atomic E-state index is 0.929. The second-order valence-electron chi connectivity index (χ2n) is 7.49. The van der Waals surface area contributed by atoms with E-state index in [0.717, 1.165) is 55.6 Å². The Hall–Kier alpha value is -4.25. The molecule has 6 rings (SSSR count). The molecule has 2 aliphatic rings. The molecular weight excluding hydrogens is 370 g/mol. The molecule has 5 nitrogen and oxygen atoms in total. The highest BCUT2D eigenvalue weighted by molar-refractivity contribution is 6.19. The Morgan fingerprint density at radius 1 is 0.433 bits per heavy atom. The summed E-state index contributed by atoms with van der Waals surface area (Å²) in [6.07, 6.45) is 14.5. The maximum atomic E-state index is 4.70. The largest absolute Gasteiger partial charge is 0.355 e. The first-order valence-electron chi connectivity index (χ1n) is 9.89. The van der Waals surface area contributed by atoms with Crippen LogP contribution in [0.5, 0.6) is 0 Å². The minimum absolute atomic E-state index is 0.929. The van der Waals surface area contributed by atoms with E-state index < -0.39 is 0 Å². The number of allylic oxidation sites excluding steroid dienone is 2. The minimum Gasteiger partial charge on any atom is -0.355 e. The molecule has 0 atom stereocenters. The standard InChI is InChI=1S/C25H19N5/c1-2-17-12-19-5-6-21(28-19)14-23-9-10-25(30-23)15-24-8-7-22(29-24)13-20-4-3-18(27-20)11-16(1)26-17/h1-15,26-29H/b16-11-,17-12-,18-11?,19-12?,20-13?,21-14?,22-13-,23-14-,24-15-,25-15?. The second-order valence-corrected chi connectivity index (χ2v) is 7.49. The number of hydrogen-bond donors (Lipinski definition) is 4. The summed E-state index contributed by atoms with van der Waals surface area (Å²) in [5.74, 6) is 0. The van der Waals surface area contributed by atoms with E-state index in [4.69, 9.17) is 4.99 Å². The van der Waals surface area contributed by atoms with E-state index in [2.05, 4.69) is 98.8 Å². The van der Waals surface area contributed by atoms with Crippen molar-refractivity contribution in [1.29, 1.82) is 0 Å². The van der Waals surface area contributed by atoms with Gasteiger partial charge in [0.1, 0.15) is 0 Å². The molecule has 4 aromatic rings. The molecule has 0 radical (unpaired) electrons. The summed E-state index contributed by atoms with van der Waals surface area (Å²) in [6, 6.07) is 16.6. The van der Waals surface area contributed by atoms with Gasteiger partial charge in [-0.15, -0.1) is 0 Å². The predicted octanol–water partition coefficient (Wildman–Crippen LogP) is 1.63. The first kappa shape index (κ1) is 16.7. The summed E-state index contributed by atoms with van der Waals surface area (Å²) in [5.41, 5.74) is 6.01. The van der Waals surface area contributed by atoms with Crippen LogP contribution in [0.15, 0.2) is 71.4 Å². The Balaban J connectivity index is 1.54. The topological polar surface area (TPSA) is 75.5 Å². The zero-order valence-corrected chi connectivity index (χ0v) is 16.1. The van der Waals surface area contributed by atoms with Crippen LogP contribution < -0.4 is 21.4 Å². The first-order chi connectivity index (χ1) is 14.7. The number of nitrogens with zero attached hydrogens (tertiary/aromatic N) is 1. The molecule has 30 heavy (non-hydrogen) atoms. The molecule has 4 aromatic heterocycles. The Kier molecular flexibility index (Phi) is 3.71. The average molecular weight is 389 g/mol. The third-order valence-electron chi connectivity index (χ3n) is 5.15. The summed E-state index contributed by atoms with van der Waals surface area (Å²) < 4.78 is 0. The van der Waals surface area contributed by atoms with Gasteiger partial charge in [0.15, 0.2) is 0 Å². The molecule has 0 amide bonds. The highest BCUT2D eigenvalue weighted by Gasteiger charge is 2.03. The van der Waals surface area contributed by atoms with Crippen LogP contribution in [0.4, 0.5) is 0 Å². The van der Waals surface area contributed by atoms with Gasteiger partial charge < -0.3 is 19.9 Å². The maximum Gasteiger partial charge on any atom is 0.0658 e. The van der Waals surface area contributed by atoms with Crippen LogP contribution >= 0.6 is 0 Å². The van der Waals surface area contributed by atoms with Gasteiger partial charge in [0, 0.05) is 44.2 Å². The molecule has 5 heteroatoms. The fraction of sp³-hybridized carbons (Fsp3) is 0. The number of aromatic amines is 4. The summed E-state index contributed by atoms with van der Waals surface area (Å²) in [5, 5.41) is 4.16. The molecule has 0 saturated heterocycles. The molecular formula is C25H19N5. The Bertz CT molecular complexity index is 1590. The molecule has 0 aromatic carbocycles. The van der Waals surface area contributed by atoms with Gasteiger partial charge in [0.05, 0.1) is 11.4 Å². The van der Waals surface area contributed by atoms with E-state index in [9.17, 15) is 0 Å².